The summed E-state index contributed by atoms with van der Waals surface area (Å²) in [6, 6.07) is 72.0. The third-order valence-corrected chi connectivity index (χ3v) is 14.3. The summed E-state index contributed by atoms with van der Waals surface area (Å²) in [5.74, 6) is 2.17. The summed E-state index contributed by atoms with van der Waals surface area (Å²) >= 11 is 0. The van der Waals surface area contributed by atoms with Crippen molar-refractivity contribution in [3.8, 4) is 44.9 Å². The van der Waals surface area contributed by atoms with Gasteiger partial charge in [-0.15, -0.1) is 0 Å². The SMILES string of the molecule is C1=CCC(c2cc(-c3ccccc3)ccc2N(c2ccccc2)c2cccc(-c3cccc4c3-c3ccccc3C43c4ccc5c(c4Oc4c3ccc3ccccc43)C=CCC5)c2)C=C1. The van der Waals surface area contributed by atoms with E-state index in [0.29, 0.717) is 0 Å². The molecule has 3 aliphatic carbocycles. The van der Waals surface area contributed by atoms with E-state index in [9.17, 15) is 0 Å². The minimum Gasteiger partial charge on any atom is -0.455 e. The Labute approximate surface area is 380 Å². The molecule has 9 aromatic carbocycles. The molecule has 9 aromatic rings. The number of fused-ring (bicyclic) bond motifs is 13. The van der Waals surface area contributed by atoms with Gasteiger partial charge in [0.15, 0.2) is 0 Å². The maximum Gasteiger partial charge on any atom is 0.140 e. The quantitative estimate of drug-likeness (QED) is 0.165. The van der Waals surface area contributed by atoms with Crippen LogP contribution in [-0.4, -0.2) is 0 Å². The van der Waals surface area contributed by atoms with Gasteiger partial charge in [0.1, 0.15) is 11.5 Å². The minimum atomic E-state index is -0.597. The fourth-order valence-electron chi connectivity index (χ4n) is 11.4. The van der Waals surface area contributed by atoms with Gasteiger partial charge in [-0.05, 0) is 117 Å². The standard InChI is InChI=1S/C63H45NO/c1-4-18-42(19-5-1)46-36-39-59(54(41-46)43-20-6-2-7-21-43)64(48-25-8-3-9-26-48)49-27-16-24-47(40-49)50-31-17-33-56-60(50)53-30-14-15-32-55(53)63(56)57-37-34-44-22-10-12-28-51(44)61(57)65-62-52-29-13-11-23-45(52)35-38-58(62)63/h1-10,12-20,22,24-41,43H,11,21,23H2. The minimum absolute atomic E-state index is 0.238. The van der Waals surface area contributed by atoms with E-state index in [-0.39, 0.29) is 5.92 Å². The zero-order valence-corrected chi connectivity index (χ0v) is 36.0. The van der Waals surface area contributed by atoms with Crippen LogP contribution in [-0.2, 0) is 11.8 Å². The van der Waals surface area contributed by atoms with E-state index < -0.39 is 5.41 Å². The van der Waals surface area contributed by atoms with Crippen LogP contribution in [0, 0.1) is 0 Å². The number of nitrogens with zero attached hydrogens (tertiary/aromatic N) is 1. The molecule has 1 heterocycles. The van der Waals surface area contributed by atoms with Gasteiger partial charge < -0.3 is 9.64 Å². The van der Waals surface area contributed by atoms with Crippen LogP contribution in [0.1, 0.15) is 57.7 Å². The lowest BCUT2D eigenvalue weighted by Crippen LogP contribution is -2.32. The smallest absolute Gasteiger partial charge is 0.140 e. The first-order valence-electron chi connectivity index (χ1n) is 23.0. The highest BCUT2D eigenvalue weighted by molar-refractivity contribution is 6.00. The van der Waals surface area contributed by atoms with E-state index in [1.54, 1.807) is 0 Å². The van der Waals surface area contributed by atoms with E-state index >= 15 is 0 Å². The van der Waals surface area contributed by atoms with Gasteiger partial charge in [-0.3, -0.25) is 0 Å². The van der Waals surface area contributed by atoms with Crippen molar-refractivity contribution in [1.82, 2.24) is 0 Å². The lowest BCUT2D eigenvalue weighted by molar-refractivity contribution is 0.439. The molecule has 1 aliphatic heterocycles. The molecule has 65 heavy (non-hydrogen) atoms. The predicted molar refractivity (Wildman–Crippen MR) is 270 cm³/mol. The molecule has 2 atom stereocenters. The Morgan fingerprint density at radius 2 is 1.25 bits per heavy atom. The molecule has 0 bridgehead atoms. The first-order valence-corrected chi connectivity index (χ1v) is 23.0. The first kappa shape index (κ1) is 37.6. The molecule has 13 rings (SSSR count). The highest BCUT2D eigenvalue weighted by Crippen LogP contribution is 2.65. The second kappa shape index (κ2) is 15.1. The van der Waals surface area contributed by atoms with Crippen molar-refractivity contribution in [3.05, 3.63) is 263 Å². The first-order chi connectivity index (χ1) is 32.3. The average molecular weight is 832 g/mol. The largest absolute Gasteiger partial charge is 0.455 e. The van der Waals surface area contributed by atoms with E-state index in [4.69, 9.17) is 4.74 Å². The van der Waals surface area contributed by atoms with Crippen LogP contribution in [0.4, 0.5) is 17.1 Å². The second-order valence-electron chi connectivity index (χ2n) is 17.8. The highest BCUT2D eigenvalue weighted by atomic mass is 16.5. The van der Waals surface area contributed by atoms with Crippen molar-refractivity contribution in [3.63, 3.8) is 0 Å². The Morgan fingerprint density at radius 1 is 0.508 bits per heavy atom. The Bertz CT molecular complexity index is 3450. The van der Waals surface area contributed by atoms with Gasteiger partial charge in [-0.1, -0.05) is 194 Å². The number of anilines is 3. The number of hydrogen-bond donors (Lipinski definition) is 0. The van der Waals surface area contributed by atoms with Gasteiger partial charge >= 0.3 is 0 Å². The van der Waals surface area contributed by atoms with Gasteiger partial charge in [0, 0.05) is 45.1 Å². The van der Waals surface area contributed by atoms with Crippen molar-refractivity contribution in [1.29, 1.82) is 0 Å². The molecule has 308 valence electrons. The zero-order chi connectivity index (χ0) is 42.9. The molecule has 0 saturated heterocycles. The molecular formula is C63H45NO. The number of allylic oxidation sites excluding steroid dienone is 5. The van der Waals surface area contributed by atoms with Gasteiger partial charge in [0.05, 0.1) is 5.41 Å². The lowest BCUT2D eigenvalue weighted by atomic mass is 9.65. The fraction of sp³-hybridized carbons (Fsp3) is 0.0794. The molecule has 0 radical (unpaired) electrons. The zero-order valence-electron chi connectivity index (χ0n) is 36.0. The van der Waals surface area contributed by atoms with Crippen molar-refractivity contribution < 1.29 is 4.74 Å². The Kier molecular flexibility index (Phi) is 8.74. The van der Waals surface area contributed by atoms with Crippen LogP contribution < -0.4 is 9.64 Å². The molecule has 0 N–H and O–H groups in total. The van der Waals surface area contributed by atoms with Crippen LogP contribution >= 0.6 is 0 Å². The number of hydrogen-bond acceptors (Lipinski definition) is 2. The maximum absolute atomic E-state index is 7.27. The van der Waals surface area contributed by atoms with Crippen LogP contribution in [0.5, 0.6) is 11.5 Å². The topological polar surface area (TPSA) is 12.5 Å². The molecule has 4 aliphatic rings. The predicted octanol–water partition coefficient (Wildman–Crippen LogP) is 16.7. The van der Waals surface area contributed by atoms with E-state index in [1.807, 2.05) is 0 Å². The summed E-state index contributed by atoms with van der Waals surface area (Å²) in [4.78, 5) is 2.46. The molecule has 2 unspecified atom stereocenters. The van der Waals surface area contributed by atoms with Crippen molar-refractivity contribution in [2.24, 2.45) is 0 Å². The van der Waals surface area contributed by atoms with E-state index in [0.717, 1.165) is 47.5 Å². The number of aryl methyl sites for hydroxylation is 1. The van der Waals surface area contributed by atoms with Crippen LogP contribution in [0.15, 0.2) is 225 Å². The second-order valence-corrected chi connectivity index (χ2v) is 17.8. The summed E-state index contributed by atoms with van der Waals surface area (Å²) in [5.41, 5.74) is 19.0. The van der Waals surface area contributed by atoms with Gasteiger partial charge in [0.2, 0.25) is 0 Å². The summed E-state index contributed by atoms with van der Waals surface area (Å²) in [6.07, 6.45) is 16.6. The summed E-state index contributed by atoms with van der Waals surface area (Å²) in [6.45, 7) is 0. The Hall–Kier alpha value is -7.94. The molecule has 0 aromatic heterocycles. The fourth-order valence-corrected chi connectivity index (χ4v) is 11.4. The lowest BCUT2D eigenvalue weighted by Gasteiger charge is -2.41. The number of para-hydroxylation sites is 1. The van der Waals surface area contributed by atoms with Gasteiger partial charge in [-0.2, -0.15) is 0 Å². The molecule has 2 heteroatoms. The monoisotopic (exact) mass is 831 g/mol. The molecule has 0 amide bonds. The molecule has 0 saturated carbocycles. The molecule has 2 nitrogen and oxygen atoms in total. The molecular weight excluding hydrogens is 787 g/mol. The summed E-state index contributed by atoms with van der Waals surface area (Å²) in [5, 5.41) is 2.32. The maximum atomic E-state index is 7.27. The van der Waals surface area contributed by atoms with Gasteiger partial charge in [0.25, 0.3) is 0 Å². The highest BCUT2D eigenvalue weighted by Gasteiger charge is 2.52. The van der Waals surface area contributed by atoms with Crippen LogP contribution in [0.2, 0.25) is 0 Å². The molecule has 1 spiro atoms. The van der Waals surface area contributed by atoms with Gasteiger partial charge in [-0.25, -0.2) is 0 Å². The summed E-state index contributed by atoms with van der Waals surface area (Å²) < 4.78 is 7.27. The third kappa shape index (κ3) is 5.80. The number of benzene rings is 9. The van der Waals surface area contributed by atoms with E-state index in [1.165, 1.54) is 83.4 Å². The Morgan fingerprint density at radius 3 is 2.14 bits per heavy atom. The third-order valence-electron chi connectivity index (χ3n) is 14.3. The van der Waals surface area contributed by atoms with E-state index in [2.05, 4.69) is 235 Å². The van der Waals surface area contributed by atoms with Crippen molar-refractivity contribution >= 4 is 33.9 Å². The number of rotatable bonds is 6. The number of ether oxygens (including phenoxy) is 1. The summed E-state index contributed by atoms with van der Waals surface area (Å²) in [7, 11) is 0. The Balaban J connectivity index is 1.04. The average Bonchev–Trinajstić information content (AvgIpc) is 3.68. The van der Waals surface area contributed by atoms with Crippen molar-refractivity contribution in [2.45, 2.75) is 30.6 Å². The van der Waals surface area contributed by atoms with Crippen LogP contribution in [0.3, 0.4) is 0 Å². The molecule has 0 fully saturated rings. The normalized spacial score (nSPS) is 17.2. The van der Waals surface area contributed by atoms with Crippen LogP contribution in [0.25, 0.3) is 50.2 Å². The van der Waals surface area contributed by atoms with Crippen molar-refractivity contribution in [2.75, 3.05) is 4.90 Å².